The molecule has 2 aliphatic rings. The Hall–Kier alpha value is -2.87. The molecule has 2 aliphatic heterocycles. The van der Waals surface area contributed by atoms with Crippen LogP contribution in [0.3, 0.4) is 0 Å². The van der Waals surface area contributed by atoms with Gasteiger partial charge in [0.15, 0.2) is 0 Å². The number of H-pyrrole nitrogens is 1. The highest BCUT2D eigenvalue weighted by atomic mass is 16.5. The van der Waals surface area contributed by atoms with Crippen molar-refractivity contribution >= 4 is 22.3 Å². The number of rotatable bonds is 1. The number of benzene rings is 1. The van der Waals surface area contributed by atoms with E-state index in [0.29, 0.717) is 25.8 Å². The van der Waals surface area contributed by atoms with E-state index >= 15 is 0 Å². The highest BCUT2D eigenvalue weighted by Crippen LogP contribution is 2.35. The van der Waals surface area contributed by atoms with Crippen molar-refractivity contribution < 1.29 is 9.47 Å². The van der Waals surface area contributed by atoms with E-state index in [1.165, 1.54) is 12.8 Å². The van der Waals surface area contributed by atoms with Gasteiger partial charge in [0.25, 0.3) is 0 Å². The Balaban J connectivity index is 1.64. The Morgan fingerprint density at radius 1 is 1.00 bits per heavy atom. The first-order valence-corrected chi connectivity index (χ1v) is 9.93. The van der Waals surface area contributed by atoms with Crippen molar-refractivity contribution in [3.63, 3.8) is 0 Å². The van der Waals surface area contributed by atoms with Crippen LogP contribution in [-0.2, 0) is 4.74 Å². The van der Waals surface area contributed by atoms with E-state index in [4.69, 9.17) is 14.5 Å². The summed E-state index contributed by atoms with van der Waals surface area (Å²) in [6.07, 6.45) is 5.17. The van der Waals surface area contributed by atoms with Gasteiger partial charge in [-0.25, -0.2) is 4.98 Å². The molecule has 0 radical (unpaired) electrons. The lowest BCUT2D eigenvalue weighted by Crippen LogP contribution is -2.20. The van der Waals surface area contributed by atoms with Gasteiger partial charge in [0, 0.05) is 37.3 Å². The van der Waals surface area contributed by atoms with Crippen molar-refractivity contribution in [1.82, 2.24) is 20.2 Å². The molecule has 1 saturated heterocycles. The molecule has 2 aromatic heterocycles. The maximum absolute atomic E-state index is 5.75. The van der Waals surface area contributed by atoms with Gasteiger partial charge in [0.05, 0.1) is 24.0 Å². The largest absolute Gasteiger partial charge is 0.461 e. The monoisotopic (exact) mass is 380 g/mol. The fraction of sp³-hybridized carbons (Fsp3) is 0.450. The van der Waals surface area contributed by atoms with Gasteiger partial charge in [-0.1, -0.05) is 0 Å². The zero-order valence-corrected chi connectivity index (χ0v) is 15.8. The summed E-state index contributed by atoms with van der Waals surface area (Å²) < 4.78 is 11.4. The minimum Gasteiger partial charge on any atom is -0.461 e. The van der Waals surface area contributed by atoms with Crippen LogP contribution in [0.4, 0.5) is 11.4 Å². The van der Waals surface area contributed by atoms with Crippen molar-refractivity contribution in [2.45, 2.75) is 19.3 Å². The van der Waals surface area contributed by atoms with Crippen molar-refractivity contribution in [1.29, 1.82) is 0 Å². The number of hydrogen-bond donors (Lipinski definition) is 2. The Labute approximate surface area is 163 Å². The minimum absolute atomic E-state index is 0.363. The first kappa shape index (κ1) is 17.2. The van der Waals surface area contributed by atoms with Gasteiger partial charge in [-0.3, -0.25) is 5.10 Å². The molecule has 146 valence electrons. The fourth-order valence-corrected chi connectivity index (χ4v) is 3.80. The summed E-state index contributed by atoms with van der Waals surface area (Å²) >= 11 is 0. The molecule has 2 N–H and O–H groups in total. The second-order valence-corrected chi connectivity index (χ2v) is 7.15. The van der Waals surface area contributed by atoms with Crippen molar-refractivity contribution in [2.24, 2.45) is 0 Å². The van der Waals surface area contributed by atoms with Gasteiger partial charge >= 0.3 is 6.01 Å². The van der Waals surface area contributed by atoms with E-state index in [1.807, 2.05) is 6.20 Å². The smallest absolute Gasteiger partial charge is 0.317 e. The SMILES string of the molecule is c1cc2[nH]nc3c2cc1NCCCOCCOc1ncc(N2CCCC2)c-3n1. The van der Waals surface area contributed by atoms with Crippen LogP contribution < -0.4 is 15.0 Å². The molecule has 4 heterocycles. The first-order valence-electron chi connectivity index (χ1n) is 9.93. The van der Waals surface area contributed by atoms with Gasteiger partial charge in [-0.2, -0.15) is 10.1 Å². The standard InChI is InChI=1S/C20H24N6O2/c1-2-8-26(7-1)17-13-22-20-23-19(17)18-15-12-14(4-5-16(15)24-25-18)21-6-3-9-27-10-11-28-20/h4-5,12-13,21H,1-3,6-11H2,(H,24,25). The van der Waals surface area contributed by atoms with Crippen molar-refractivity contribution in [2.75, 3.05) is 49.7 Å². The number of aromatic amines is 1. The van der Waals surface area contributed by atoms with Crippen LogP contribution in [0.2, 0.25) is 0 Å². The number of fused-ring (bicyclic) bond motifs is 4. The second-order valence-electron chi connectivity index (χ2n) is 7.15. The molecular formula is C20H24N6O2. The van der Waals surface area contributed by atoms with E-state index in [9.17, 15) is 0 Å². The molecule has 4 bridgehead atoms. The summed E-state index contributed by atoms with van der Waals surface area (Å²) in [6.45, 7) is 4.52. The van der Waals surface area contributed by atoms with Crippen LogP contribution >= 0.6 is 0 Å². The summed E-state index contributed by atoms with van der Waals surface area (Å²) in [4.78, 5) is 11.5. The van der Waals surface area contributed by atoms with E-state index in [1.54, 1.807) is 0 Å². The highest BCUT2D eigenvalue weighted by molar-refractivity contribution is 5.96. The molecule has 0 atom stereocenters. The molecule has 8 nitrogen and oxygen atoms in total. The molecular weight excluding hydrogens is 356 g/mol. The number of ether oxygens (including phenoxy) is 2. The molecule has 8 heteroatoms. The molecule has 0 spiro atoms. The normalized spacial score (nSPS) is 17.8. The highest BCUT2D eigenvalue weighted by Gasteiger charge is 2.22. The van der Waals surface area contributed by atoms with Crippen LogP contribution in [0, 0.1) is 0 Å². The lowest BCUT2D eigenvalue weighted by atomic mass is 10.1. The molecule has 0 saturated carbocycles. The summed E-state index contributed by atoms with van der Waals surface area (Å²) in [5, 5.41) is 12.3. The summed E-state index contributed by atoms with van der Waals surface area (Å²) in [5.74, 6) is 0. The lowest BCUT2D eigenvalue weighted by molar-refractivity contribution is 0.0966. The molecule has 1 fully saturated rings. The third-order valence-corrected chi connectivity index (χ3v) is 5.23. The molecule has 3 aromatic rings. The second kappa shape index (κ2) is 7.63. The average molecular weight is 380 g/mol. The number of anilines is 2. The number of hydrogen-bond acceptors (Lipinski definition) is 7. The maximum Gasteiger partial charge on any atom is 0.317 e. The van der Waals surface area contributed by atoms with Gasteiger partial charge in [-0.05, 0) is 37.5 Å². The zero-order chi connectivity index (χ0) is 18.8. The van der Waals surface area contributed by atoms with Crippen LogP contribution in [0.25, 0.3) is 22.3 Å². The number of nitrogens with zero attached hydrogens (tertiary/aromatic N) is 4. The van der Waals surface area contributed by atoms with Crippen LogP contribution in [0.15, 0.2) is 24.4 Å². The molecule has 1 aromatic carbocycles. The van der Waals surface area contributed by atoms with E-state index < -0.39 is 0 Å². The summed E-state index contributed by atoms with van der Waals surface area (Å²) in [5.41, 5.74) is 4.71. The fourth-order valence-electron chi connectivity index (χ4n) is 3.80. The average Bonchev–Trinajstić information content (AvgIpc) is 3.39. The van der Waals surface area contributed by atoms with Crippen LogP contribution in [0.5, 0.6) is 6.01 Å². The van der Waals surface area contributed by atoms with Crippen molar-refractivity contribution in [3.05, 3.63) is 24.4 Å². The Bertz CT molecular complexity index is 966. The number of aromatic nitrogens is 4. The van der Waals surface area contributed by atoms with E-state index in [2.05, 4.69) is 43.6 Å². The zero-order valence-electron chi connectivity index (χ0n) is 15.8. The predicted molar refractivity (Wildman–Crippen MR) is 108 cm³/mol. The Kier molecular flexibility index (Phi) is 4.70. The van der Waals surface area contributed by atoms with Gasteiger partial charge < -0.3 is 19.7 Å². The quantitative estimate of drug-likeness (QED) is 0.671. The molecule has 28 heavy (non-hydrogen) atoms. The topological polar surface area (TPSA) is 88.2 Å². The minimum atomic E-state index is 0.363. The molecule has 0 amide bonds. The first-order chi connectivity index (χ1) is 13.9. The van der Waals surface area contributed by atoms with Crippen molar-refractivity contribution in [3.8, 4) is 17.4 Å². The van der Waals surface area contributed by atoms with Gasteiger partial charge in [0.2, 0.25) is 0 Å². The third-order valence-electron chi connectivity index (χ3n) is 5.23. The van der Waals surface area contributed by atoms with Crippen LogP contribution in [0.1, 0.15) is 19.3 Å². The van der Waals surface area contributed by atoms with E-state index in [0.717, 1.165) is 59.7 Å². The molecule has 0 unspecified atom stereocenters. The third kappa shape index (κ3) is 3.35. The van der Waals surface area contributed by atoms with E-state index in [-0.39, 0.29) is 0 Å². The van der Waals surface area contributed by atoms with Crippen LogP contribution in [-0.4, -0.2) is 59.6 Å². The predicted octanol–water partition coefficient (Wildman–Crippen LogP) is 2.83. The molecule has 5 rings (SSSR count). The molecule has 0 aliphatic carbocycles. The number of nitrogens with one attached hydrogen (secondary N) is 2. The Morgan fingerprint density at radius 3 is 2.86 bits per heavy atom. The van der Waals surface area contributed by atoms with Gasteiger partial charge in [0.1, 0.15) is 18.0 Å². The maximum atomic E-state index is 5.75. The van der Waals surface area contributed by atoms with Gasteiger partial charge in [-0.15, -0.1) is 0 Å². The lowest BCUT2D eigenvalue weighted by Gasteiger charge is -2.20. The Morgan fingerprint density at radius 2 is 1.93 bits per heavy atom. The summed E-state index contributed by atoms with van der Waals surface area (Å²) in [6, 6.07) is 6.61. The summed E-state index contributed by atoms with van der Waals surface area (Å²) in [7, 11) is 0.